The minimum Gasteiger partial charge on any atom is -0.481 e. The van der Waals surface area contributed by atoms with Gasteiger partial charge in [-0.25, -0.2) is 0 Å². The van der Waals surface area contributed by atoms with Crippen LogP contribution in [0.5, 0.6) is 0 Å². The highest BCUT2D eigenvalue weighted by Gasteiger charge is 2.10. The van der Waals surface area contributed by atoms with Crippen LogP contribution >= 0.6 is 0 Å². The fraction of sp³-hybridized carbons (Fsp3) is 0.143. The summed E-state index contributed by atoms with van der Waals surface area (Å²) in [6, 6.07) is 11.3. The lowest BCUT2D eigenvalue weighted by Crippen LogP contribution is -2.02. The van der Waals surface area contributed by atoms with Crippen molar-refractivity contribution in [1.29, 1.82) is 0 Å². The average Bonchev–Trinajstić information content (AvgIpc) is 2.86. The Kier molecular flexibility index (Phi) is 3.57. The van der Waals surface area contributed by atoms with Crippen molar-refractivity contribution in [2.24, 2.45) is 0 Å². The molecule has 4 nitrogen and oxygen atoms in total. The van der Waals surface area contributed by atoms with Crippen LogP contribution in [0.2, 0.25) is 0 Å². The topological polar surface area (TPSA) is 59.3 Å². The molecule has 1 aromatic heterocycles. The molecule has 0 bridgehead atoms. The van der Waals surface area contributed by atoms with E-state index in [1.807, 2.05) is 34.9 Å². The number of aromatic nitrogens is 1. The maximum absolute atomic E-state index is 11.7. The number of aliphatic carboxylic acids is 1. The van der Waals surface area contributed by atoms with Crippen LogP contribution in [0.3, 0.4) is 0 Å². The molecule has 1 N–H and O–H groups in total. The summed E-state index contributed by atoms with van der Waals surface area (Å²) in [5.41, 5.74) is 1.51. The quantitative estimate of drug-likeness (QED) is 0.821. The summed E-state index contributed by atoms with van der Waals surface area (Å²) in [5.74, 6) is -1.10. The lowest BCUT2D eigenvalue weighted by Gasteiger charge is -2.01. The molecule has 0 aliphatic rings. The Morgan fingerprint density at radius 3 is 2.44 bits per heavy atom. The van der Waals surface area contributed by atoms with E-state index in [-0.39, 0.29) is 18.6 Å². The van der Waals surface area contributed by atoms with Crippen molar-refractivity contribution < 1.29 is 14.7 Å². The summed E-state index contributed by atoms with van der Waals surface area (Å²) in [6.07, 6.45) is 3.42. The fourth-order valence-electron chi connectivity index (χ4n) is 1.69. The maximum atomic E-state index is 11.7. The van der Waals surface area contributed by atoms with Crippen LogP contribution in [0.25, 0.3) is 5.69 Å². The summed E-state index contributed by atoms with van der Waals surface area (Å²) in [5, 5.41) is 8.54. The van der Waals surface area contributed by atoms with Gasteiger partial charge in [0.05, 0.1) is 6.42 Å². The molecule has 0 aliphatic heterocycles. The standard InChI is InChI=1S/C14H13NO3/c16-13(6-7-14(17)18)11-8-9-15(10-11)12-4-2-1-3-5-12/h1-5,8-10H,6-7H2,(H,17,18). The van der Waals surface area contributed by atoms with Gasteiger partial charge in [-0.05, 0) is 18.2 Å². The third-order valence-electron chi connectivity index (χ3n) is 2.64. The predicted molar refractivity (Wildman–Crippen MR) is 67.0 cm³/mol. The molecule has 92 valence electrons. The average molecular weight is 243 g/mol. The SMILES string of the molecule is O=C(O)CCC(=O)c1ccn(-c2ccccc2)c1. The van der Waals surface area contributed by atoms with E-state index in [4.69, 9.17) is 5.11 Å². The maximum Gasteiger partial charge on any atom is 0.303 e. The molecule has 0 fully saturated rings. The van der Waals surface area contributed by atoms with Gasteiger partial charge in [0.25, 0.3) is 0 Å². The molecule has 0 saturated carbocycles. The summed E-state index contributed by atoms with van der Waals surface area (Å²) >= 11 is 0. The molecule has 2 rings (SSSR count). The number of hydrogen-bond acceptors (Lipinski definition) is 2. The Labute approximate surface area is 104 Å². The molecule has 0 aliphatic carbocycles. The van der Waals surface area contributed by atoms with Gasteiger partial charge in [-0.15, -0.1) is 0 Å². The van der Waals surface area contributed by atoms with Crippen molar-refractivity contribution in [3.63, 3.8) is 0 Å². The zero-order valence-corrected chi connectivity index (χ0v) is 9.74. The molecule has 2 aromatic rings. The molecule has 0 unspecified atom stereocenters. The predicted octanol–water partition coefficient (Wildman–Crippen LogP) is 2.52. The number of carbonyl (C=O) groups is 2. The molecule has 4 heteroatoms. The molecule has 18 heavy (non-hydrogen) atoms. The van der Waals surface area contributed by atoms with Gasteiger partial charge in [0.1, 0.15) is 0 Å². The van der Waals surface area contributed by atoms with Crippen molar-refractivity contribution in [1.82, 2.24) is 4.57 Å². The fourth-order valence-corrected chi connectivity index (χ4v) is 1.69. The molecule has 0 spiro atoms. The van der Waals surface area contributed by atoms with E-state index in [0.717, 1.165) is 5.69 Å². The second kappa shape index (κ2) is 5.31. The summed E-state index contributed by atoms with van der Waals surface area (Å²) in [4.78, 5) is 22.1. The summed E-state index contributed by atoms with van der Waals surface area (Å²) < 4.78 is 1.84. The first kappa shape index (κ1) is 12.1. The first-order valence-corrected chi connectivity index (χ1v) is 5.65. The highest BCUT2D eigenvalue weighted by molar-refractivity contribution is 5.97. The van der Waals surface area contributed by atoms with E-state index in [9.17, 15) is 9.59 Å². The monoisotopic (exact) mass is 243 g/mol. The molecule has 0 saturated heterocycles. The van der Waals surface area contributed by atoms with Gasteiger partial charge in [-0.1, -0.05) is 18.2 Å². The molecule has 0 atom stereocenters. The Morgan fingerprint density at radius 2 is 1.78 bits per heavy atom. The van der Waals surface area contributed by atoms with Gasteiger partial charge in [-0.3, -0.25) is 9.59 Å². The van der Waals surface area contributed by atoms with E-state index in [1.165, 1.54) is 0 Å². The second-order valence-corrected chi connectivity index (χ2v) is 3.96. The van der Waals surface area contributed by atoms with E-state index < -0.39 is 5.97 Å². The smallest absolute Gasteiger partial charge is 0.303 e. The number of para-hydroxylation sites is 1. The number of carboxylic acids is 1. The normalized spacial score (nSPS) is 10.2. The summed E-state index contributed by atoms with van der Waals surface area (Å²) in [6.45, 7) is 0. The van der Waals surface area contributed by atoms with Crippen LogP contribution in [-0.2, 0) is 4.79 Å². The molecule has 1 heterocycles. The lowest BCUT2D eigenvalue weighted by molar-refractivity contribution is -0.136. The molecular weight excluding hydrogens is 230 g/mol. The van der Waals surface area contributed by atoms with Crippen LogP contribution in [0.4, 0.5) is 0 Å². The number of carbonyl (C=O) groups excluding carboxylic acids is 1. The van der Waals surface area contributed by atoms with Gasteiger partial charge in [0.2, 0.25) is 0 Å². The van der Waals surface area contributed by atoms with E-state index in [0.29, 0.717) is 5.56 Å². The second-order valence-electron chi connectivity index (χ2n) is 3.96. The van der Waals surface area contributed by atoms with E-state index >= 15 is 0 Å². The third-order valence-corrected chi connectivity index (χ3v) is 2.64. The first-order chi connectivity index (χ1) is 8.66. The van der Waals surface area contributed by atoms with Gasteiger partial charge >= 0.3 is 5.97 Å². The Hall–Kier alpha value is -2.36. The zero-order chi connectivity index (χ0) is 13.0. The third kappa shape index (κ3) is 2.85. The van der Waals surface area contributed by atoms with Gasteiger partial charge in [0.15, 0.2) is 5.78 Å². The van der Waals surface area contributed by atoms with Gasteiger partial charge < -0.3 is 9.67 Å². The first-order valence-electron chi connectivity index (χ1n) is 5.65. The van der Waals surface area contributed by atoms with Crippen LogP contribution < -0.4 is 0 Å². The molecular formula is C14H13NO3. The molecule has 1 aromatic carbocycles. The van der Waals surface area contributed by atoms with Crippen LogP contribution in [-0.4, -0.2) is 21.4 Å². The van der Waals surface area contributed by atoms with Gasteiger partial charge in [0, 0.05) is 30.1 Å². The van der Waals surface area contributed by atoms with Crippen molar-refractivity contribution >= 4 is 11.8 Å². The number of Topliss-reactive ketones (excluding diaryl/α,β-unsaturated/α-hetero) is 1. The number of rotatable bonds is 5. The Balaban J connectivity index is 2.11. The minimum atomic E-state index is -0.953. The number of ketones is 1. The van der Waals surface area contributed by atoms with E-state index in [2.05, 4.69) is 0 Å². The van der Waals surface area contributed by atoms with Crippen LogP contribution in [0.15, 0.2) is 48.8 Å². The number of carboxylic acid groups (broad SMARTS) is 1. The van der Waals surface area contributed by atoms with Crippen LogP contribution in [0.1, 0.15) is 23.2 Å². The van der Waals surface area contributed by atoms with Crippen molar-refractivity contribution in [3.05, 3.63) is 54.4 Å². The van der Waals surface area contributed by atoms with Gasteiger partial charge in [-0.2, -0.15) is 0 Å². The number of hydrogen-bond donors (Lipinski definition) is 1. The number of nitrogens with zero attached hydrogens (tertiary/aromatic N) is 1. The van der Waals surface area contributed by atoms with Crippen molar-refractivity contribution in [2.75, 3.05) is 0 Å². The van der Waals surface area contributed by atoms with E-state index in [1.54, 1.807) is 18.5 Å². The minimum absolute atomic E-state index is 0.0358. The number of benzene rings is 1. The largest absolute Gasteiger partial charge is 0.481 e. The highest BCUT2D eigenvalue weighted by Crippen LogP contribution is 2.12. The van der Waals surface area contributed by atoms with Crippen molar-refractivity contribution in [3.8, 4) is 5.69 Å². The molecule has 0 radical (unpaired) electrons. The lowest BCUT2D eigenvalue weighted by atomic mass is 10.1. The molecule has 0 amide bonds. The van der Waals surface area contributed by atoms with Crippen LogP contribution in [0, 0.1) is 0 Å². The highest BCUT2D eigenvalue weighted by atomic mass is 16.4. The zero-order valence-electron chi connectivity index (χ0n) is 9.74. The van der Waals surface area contributed by atoms with Crippen molar-refractivity contribution in [2.45, 2.75) is 12.8 Å². The Bertz CT molecular complexity index is 557. The Morgan fingerprint density at radius 1 is 1.06 bits per heavy atom. The summed E-state index contributed by atoms with van der Waals surface area (Å²) in [7, 11) is 0.